The molecule has 3 heteroatoms. The molecule has 0 saturated carbocycles. The predicted octanol–water partition coefficient (Wildman–Crippen LogP) is 3.46. The zero-order valence-corrected chi connectivity index (χ0v) is 10.2. The first kappa shape index (κ1) is 11.3. The average Bonchev–Trinajstić information content (AvgIpc) is 2.72. The first-order valence-electron chi connectivity index (χ1n) is 5.38. The van der Waals surface area contributed by atoms with Crippen molar-refractivity contribution >= 4 is 11.8 Å². The van der Waals surface area contributed by atoms with Crippen LogP contribution < -0.4 is 0 Å². The van der Waals surface area contributed by atoms with Gasteiger partial charge in [0.1, 0.15) is 6.26 Å². The molecular weight excluding hydrogens is 218 g/mol. The van der Waals surface area contributed by atoms with Gasteiger partial charge in [0.25, 0.3) is 0 Å². The van der Waals surface area contributed by atoms with Gasteiger partial charge in [-0.05, 0) is 24.7 Å². The Labute approximate surface area is 100 Å². The van der Waals surface area contributed by atoms with E-state index in [2.05, 4.69) is 35.5 Å². The average molecular weight is 233 g/mol. The van der Waals surface area contributed by atoms with Gasteiger partial charge in [-0.2, -0.15) is 11.8 Å². The normalized spacial score (nSPS) is 10.6. The lowest BCUT2D eigenvalue weighted by Gasteiger charge is -2.00. The van der Waals surface area contributed by atoms with Crippen molar-refractivity contribution in [3.63, 3.8) is 0 Å². The molecule has 1 aromatic heterocycles. The van der Waals surface area contributed by atoms with Crippen LogP contribution in [0.15, 0.2) is 41.1 Å². The first-order chi connectivity index (χ1) is 7.86. The summed E-state index contributed by atoms with van der Waals surface area (Å²) in [6.45, 7) is 1.98. The maximum Gasteiger partial charge on any atom is 0.128 e. The molecule has 0 radical (unpaired) electrons. The molecular formula is C13H15NOS. The van der Waals surface area contributed by atoms with Crippen LogP contribution in [0.5, 0.6) is 0 Å². The summed E-state index contributed by atoms with van der Waals surface area (Å²) >= 11 is 1.92. The molecule has 0 amide bonds. The quantitative estimate of drug-likeness (QED) is 0.740. The van der Waals surface area contributed by atoms with Crippen molar-refractivity contribution in [1.29, 1.82) is 0 Å². The Hall–Kier alpha value is -1.22. The SMILES string of the molecule is Cc1nocc1CSCCc1ccccc1. The van der Waals surface area contributed by atoms with E-state index >= 15 is 0 Å². The highest BCUT2D eigenvalue weighted by Gasteiger charge is 2.02. The second kappa shape index (κ2) is 5.75. The third-order valence-corrected chi connectivity index (χ3v) is 3.49. The highest BCUT2D eigenvalue weighted by atomic mass is 32.2. The number of aryl methyl sites for hydroxylation is 2. The fraction of sp³-hybridized carbons (Fsp3) is 0.308. The molecule has 0 N–H and O–H groups in total. The third kappa shape index (κ3) is 3.14. The lowest BCUT2D eigenvalue weighted by atomic mass is 10.2. The van der Waals surface area contributed by atoms with Crippen molar-refractivity contribution in [2.75, 3.05) is 5.75 Å². The summed E-state index contributed by atoms with van der Waals surface area (Å²) in [5.41, 5.74) is 3.61. The maximum atomic E-state index is 4.90. The summed E-state index contributed by atoms with van der Waals surface area (Å²) in [6.07, 6.45) is 2.86. The van der Waals surface area contributed by atoms with Gasteiger partial charge in [-0.3, -0.25) is 0 Å². The predicted molar refractivity (Wildman–Crippen MR) is 67.5 cm³/mol. The summed E-state index contributed by atoms with van der Waals surface area (Å²) < 4.78 is 4.90. The van der Waals surface area contributed by atoms with Crippen LogP contribution >= 0.6 is 11.8 Å². The molecule has 0 bridgehead atoms. The number of hydrogen-bond donors (Lipinski definition) is 0. The maximum absolute atomic E-state index is 4.90. The zero-order chi connectivity index (χ0) is 11.2. The summed E-state index contributed by atoms with van der Waals surface area (Å²) in [5.74, 6) is 2.12. The monoisotopic (exact) mass is 233 g/mol. The summed E-state index contributed by atoms with van der Waals surface area (Å²) in [5, 5.41) is 3.87. The van der Waals surface area contributed by atoms with E-state index in [-0.39, 0.29) is 0 Å². The van der Waals surface area contributed by atoms with Crippen molar-refractivity contribution in [3.8, 4) is 0 Å². The van der Waals surface area contributed by atoms with Crippen LogP contribution in [-0.2, 0) is 12.2 Å². The van der Waals surface area contributed by atoms with Gasteiger partial charge in [-0.15, -0.1) is 0 Å². The van der Waals surface area contributed by atoms with Gasteiger partial charge in [-0.25, -0.2) is 0 Å². The Morgan fingerprint density at radius 2 is 2.06 bits per heavy atom. The second-order valence-electron chi connectivity index (χ2n) is 3.71. The highest BCUT2D eigenvalue weighted by molar-refractivity contribution is 7.98. The lowest BCUT2D eigenvalue weighted by molar-refractivity contribution is 0.414. The van der Waals surface area contributed by atoms with Gasteiger partial charge < -0.3 is 4.52 Å². The summed E-state index contributed by atoms with van der Waals surface area (Å²) in [4.78, 5) is 0. The van der Waals surface area contributed by atoms with Gasteiger partial charge in [0.2, 0.25) is 0 Å². The number of rotatable bonds is 5. The van der Waals surface area contributed by atoms with Crippen molar-refractivity contribution in [2.45, 2.75) is 19.1 Å². The van der Waals surface area contributed by atoms with E-state index in [1.54, 1.807) is 6.26 Å². The number of thioether (sulfide) groups is 1. The Kier molecular flexibility index (Phi) is 4.05. The smallest absolute Gasteiger partial charge is 0.128 e. The Morgan fingerprint density at radius 1 is 1.25 bits per heavy atom. The van der Waals surface area contributed by atoms with Gasteiger partial charge in [0, 0.05) is 11.3 Å². The van der Waals surface area contributed by atoms with Crippen molar-refractivity contribution in [2.24, 2.45) is 0 Å². The summed E-state index contributed by atoms with van der Waals surface area (Å²) in [6, 6.07) is 10.6. The van der Waals surface area contributed by atoms with E-state index in [9.17, 15) is 0 Å². The second-order valence-corrected chi connectivity index (χ2v) is 4.82. The van der Waals surface area contributed by atoms with E-state index in [4.69, 9.17) is 4.52 Å². The Balaban J connectivity index is 1.72. The fourth-order valence-electron chi connectivity index (χ4n) is 1.47. The molecule has 0 fully saturated rings. The van der Waals surface area contributed by atoms with Crippen LogP contribution in [0.25, 0.3) is 0 Å². The van der Waals surface area contributed by atoms with E-state index in [0.29, 0.717) is 0 Å². The molecule has 0 atom stereocenters. The molecule has 84 valence electrons. The molecule has 0 aliphatic heterocycles. The number of hydrogen-bond acceptors (Lipinski definition) is 3. The van der Waals surface area contributed by atoms with E-state index in [0.717, 1.165) is 23.6 Å². The minimum atomic E-state index is 0.988. The van der Waals surface area contributed by atoms with Crippen LogP contribution in [0.2, 0.25) is 0 Å². The van der Waals surface area contributed by atoms with E-state index in [1.807, 2.05) is 18.7 Å². The third-order valence-electron chi connectivity index (χ3n) is 2.48. The number of benzene rings is 1. The molecule has 2 nitrogen and oxygen atoms in total. The Morgan fingerprint density at radius 3 is 2.75 bits per heavy atom. The van der Waals surface area contributed by atoms with Crippen LogP contribution in [0.4, 0.5) is 0 Å². The molecule has 1 aromatic carbocycles. The lowest BCUT2D eigenvalue weighted by Crippen LogP contribution is -1.89. The molecule has 0 spiro atoms. The Bertz CT molecular complexity index is 425. The van der Waals surface area contributed by atoms with E-state index in [1.165, 1.54) is 11.1 Å². The summed E-state index contributed by atoms with van der Waals surface area (Å²) in [7, 11) is 0. The van der Waals surface area contributed by atoms with Crippen LogP contribution in [0, 0.1) is 6.92 Å². The molecule has 1 heterocycles. The minimum absolute atomic E-state index is 0.988. The van der Waals surface area contributed by atoms with Crippen molar-refractivity contribution in [3.05, 3.63) is 53.4 Å². The van der Waals surface area contributed by atoms with Gasteiger partial charge in [0.05, 0.1) is 5.69 Å². The van der Waals surface area contributed by atoms with Gasteiger partial charge >= 0.3 is 0 Å². The van der Waals surface area contributed by atoms with Crippen LogP contribution in [0.3, 0.4) is 0 Å². The number of nitrogens with zero attached hydrogens (tertiary/aromatic N) is 1. The zero-order valence-electron chi connectivity index (χ0n) is 9.35. The molecule has 0 aliphatic rings. The van der Waals surface area contributed by atoms with Gasteiger partial charge in [-0.1, -0.05) is 35.5 Å². The number of aromatic nitrogens is 1. The molecule has 2 aromatic rings. The topological polar surface area (TPSA) is 26.0 Å². The minimum Gasteiger partial charge on any atom is -0.364 e. The van der Waals surface area contributed by atoms with Crippen molar-refractivity contribution in [1.82, 2.24) is 5.16 Å². The van der Waals surface area contributed by atoms with E-state index < -0.39 is 0 Å². The highest BCUT2D eigenvalue weighted by Crippen LogP contribution is 2.16. The molecule has 16 heavy (non-hydrogen) atoms. The largest absolute Gasteiger partial charge is 0.364 e. The van der Waals surface area contributed by atoms with Crippen molar-refractivity contribution < 1.29 is 4.52 Å². The molecule has 0 unspecified atom stereocenters. The molecule has 0 saturated heterocycles. The molecule has 2 rings (SSSR count). The standard InChI is InChI=1S/C13H15NOS/c1-11-13(9-15-14-11)10-16-8-7-12-5-3-2-4-6-12/h2-6,9H,7-8,10H2,1H3. The first-order valence-corrected chi connectivity index (χ1v) is 6.53. The van der Waals surface area contributed by atoms with Crippen LogP contribution in [-0.4, -0.2) is 10.9 Å². The fourth-order valence-corrected chi connectivity index (χ4v) is 2.49. The van der Waals surface area contributed by atoms with Gasteiger partial charge in [0.15, 0.2) is 0 Å². The van der Waals surface area contributed by atoms with Crippen LogP contribution in [0.1, 0.15) is 16.8 Å². The molecule has 0 aliphatic carbocycles.